The van der Waals surface area contributed by atoms with Crippen LogP contribution in [0.3, 0.4) is 0 Å². The van der Waals surface area contributed by atoms with Crippen molar-refractivity contribution in [1.29, 1.82) is 0 Å². The summed E-state index contributed by atoms with van der Waals surface area (Å²) in [5, 5.41) is 0. The van der Waals surface area contributed by atoms with Gasteiger partial charge in [-0.15, -0.1) is 0 Å². The lowest BCUT2D eigenvalue weighted by Gasteiger charge is -2.23. The Morgan fingerprint density at radius 3 is 2.32 bits per heavy atom. The zero-order valence-corrected chi connectivity index (χ0v) is 14.8. The number of halogens is 1. The van der Waals surface area contributed by atoms with Crippen LogP contribution in [0.15, 0.2) is 36.4 Å². The molecular weight excluding hydrogens is 325 g/mol. The third kappa shape index (κ3) is 4.02. The highest BCUT2D eigenvalue weighted by molar-refractivity contribution is 5.98. The van der Waals surface area contributed by atoms with Crippen molar-refractivity contribution in [3.05, 3.63) is 53.3 Å². The van der Waals surface area contributed by atoms with Crippen LogP contribution in [0.5, 0.6) is 17.2 Å². The second-order valence-electron chi connectivity index (χ2n) is 5.33. The van der Waals surface area contributed by atoms with Gasteiger partial charge in [-0.2, -0.15) is 0 Å². The smallest absolute Gasteiger partial charge is 0.258 e. The molecule has 6 heteroatoms. The second kappa shape index (κ2) is 8.37. The minimum Gasteiger partial charge on any atom is -0.493 e. The van der Waals surface area contributed by atoms with E-state index >= 15 is 0 Å². The van der Waals surface area contributed by atoms with Crippen LogP contribution in [0.2, 0.25) is 0 Å². The summed E-state index contributed by atoms with van der Waals surface area (Å²) in [7, 11) is 4.47. The largest absolute Gasteiger partial charge is 0.493 e. The van der Waals surface area contributed by atoms with E-state index in [0.717, 1.165) is 5.56 Å². The molecule has 0 bridgehead atoms. The van der Waals surface area contributed by atoms with Crippen molar-refractivity contribution >= 4 is 5.91 Å². The van der Waals surface area contributed by atoms with Crippen LogP contribution in [0.25, 0.3) is 0 Å². The summed E-state index contributed by atoms with van der Waals surface area (Å²) in [4.78, 5) is 14.6. The fraction of sp³-hybridized carbons (Fsp3) is 0.316. The zero-order chi connectivity index (χ0) is 18.4. The van der Waals surface area contributed by atoms with Gasteiger partial charge in [0.05, 0.1) is 26.9 Å². The first-order valence-electron chi connectivity index (χ1n) is 7.88. The van der Waals surface area contributed by atoms with Gasteiger partial charge in [0.2, 0.25) is 5.75 Å². The Labute approximate surface area is 146 Å². The van der Waals surface area contributed by atoms with E-state index in [9.17, 15) is 9.18 Å². The normalized spacial score (nSPS) is 10.3. The number of amides is 1. The molecule has 2 rings (SSSR count). The van der Waals surface area contributed by atoms with Crippen LogP contribution in [0.4, 0.5) is 4.39 Å². The predicted octanol–water partition coefficient (Wildman–Crippen LogP) is 3.51. The number of carbonyl (C=O) groups is 1. The van der Waals surface area contributed by atoms with Gasteiger partial charge in [-0.25, -0.2) is 4.39 Å². The molecule has 0 aliphatic carbocycles. The topological polar surface area (TPSA) is 48.0 Å². The summed E-state index contributed by atoms with van der Waals surface area (Å²) in [5.74, 6) is 0.584. The minimum absolute atomic E-state index is 0.232. The molecule has 2 aromatic rings. The highest BCUT2D eigenvalue weighted by Gasteiger charge is 2.24. The number of methoxy groups -OCH3 is 3. The molecule has 2 aromatic carbocycles. The van der Waals surface area contributed by atoms with E-state index in [4.69, 9.17) is 14.2 Å². The van der Waals surface area contributed by atoms with Crippen molar-refractivity contribution in [2.24, 2.45) is 0 Å². The van der Waals surface area contributed by atoms with Crippen LogP contribution in [0.1, 0.15) is 22.8 Å². The maximum atomic E-state index is 13.4. The molecule has 0 saturated carbocycles. The first-order valence-corrected chi connectivity index (χ1v) is 7.88. The van der Waals surface area contributed by atoms with Gasteiger partial charge in [0, 0.05) is 13.1 Å². The molecule has 0 N–H and O–H groups in total. The van der Waals surface area contributed by atoms with Crippen molar-refractivity contribution < 1.29 is 23.4 Å². The highest BCUT2D eigenvalue weighted by atomic mass is 19.1. The third-order valence-corrected chi connectivity index (χ3v) is 3.87. The first kappa shape index (κ1) is 18.6. The fourth-order valence-electron chi connectivity index (χ4n) is 2.62. The Morgan fingerprint density at radius 2 is 1.76 bits per heavy atom. The summed E-state index contributed by atoms with van der Waals surface area (Å²) in [6.07, 6.45) is 0. The molecule has 0 fully saturated rings. The second-order valence-corrected chi connectivity index (χ2v) is 5.33. The van der Waals surface area contributed by atoms with Gasteiger partial charge in [0.15, 0.2) is 11.5 Å². The molecule has 1 amide bonds. The molecule has 0 unspecified atom stereocenters. The average Bonchev–Trinajstić information content (AvgIpc) is 2.64. The van der Waals surface area contributed by atoms with Gasteiger partial charge in [-0.1, -0.05) is 12.1 Å². The van der Waals surface area contributed by atoms with E-state index in [0.29, 0.717) is 35.9 Å². The van der Waals surface area contributed by atoms with E-state index in [-0.39, 0.29) is 11.7 Å². The number of nitrogens with zero attached hydrogens (tertiary/aromatic N) is 1. The molecule has 0 heterocycles. The molecule has 0 saturated heterocycles. The molecule has 0 radical (unpaired) electrons. The van der Waals surface area contributed by atoms with Gasteiger partial charge in [0.25, 0.3) is 5.91 Å². The number of hydrogen-bond acceptors (Lipinski definition) is 4. The van der Waals surface area contributed by atoms with Crippen LogP contribution >= 0.6 is 0 Å². The van der Waals surface area contributed by atoms with Gasteiger partial charge in [-0.05, 0) is 36.8 Å². The fourth-order valence-corrected chi connectivity index (χ4v) is 2.62. The van der Waals surface area contributed by atoms with Crippen LogP contribution in [-0.4, -0.2) is 38.7 Å². The maximum Gasteiger partial charge on any atom is 0.258 e. The Hall–Kier alpha value is -2.76. The van der Waals surface area contributed by atoms with Crippen molar-refractivity contribution in [2.45, 2.75) is 13.5 Å². The Morgan fingerprint density at radius 1 is 1.04 bits per heavy atom. The molecule has 134 valence electrons. The van der Waals surface area contributed by atoms with Gasteiger partial charge >= 0.3 is 0 Å². The summed E-state index contributed by atoms with van der Waals surface area (Å²) < 4.78 is 29.3. The summed E-state index contributed by atoms with van der Waals surface area (Å²) in [6.45, 7) is 2.63. The van der Waals surface area contributed by atoms with Crippen molar-refractivity contribution in [3.8, 4) is 17.2 Å². The summed E-state index contributed by atoms with van der Waals surface area (Å²) in [6, 6.07) is 9.49. The maximum absolute atomic E-state index is 13.4. The standard InChI is InChI=1S/C19H22FNO4/c1-5-21(12-13-7-6-8-14(20)11-13)19(22)15-9-10-16(23-2)18(25-4)17(15)24-3/h6-11H,5,12H2,1-4H3. The number of rotatable bonds is 7. The van der Waals surface area contributed by atoms with Crippen molar-refractivity contribution in [1.82, 2.24) is 4.90 Å². The zero-order valence-electron chi connectivity index (χ0n) is 14.8. The number of ether oxygens (including phenoxy) is 3. The number of benzene rings is 2. The lowest BCUT2D eigenvalue weighted by atomic mass is 10.1. The first-order chi connectivity index (χ1) is 12.0. The van der Waals surface area contributed by atoms with Crippen LogP contribution in [0, 0.1) is 5.82 Å². The third-order valence-electron chi connectivity index (χ3n) is 3.87. The highest BCUT2D eigenvalue weighted by Crippen LogP contribution is 2.40. The van der Waals surface area contributed by atoms with Crippen molar-refractivity contribution in [2.75, 3.05) is 27.9 Å². The Kier molecular flexibility index (Phi) is 6.22. The minimum atomic E-state index is -0.329. The summed E-state index contributed by atoms with van der Waals surface area (Å²) in [5.41, 5.74) is 1.08. The molecule has 0 aliphatic heterocycles. The predicted molar refractivity (Wildman–Crippen MR) is 92.9 cm³/mol. The summed E-state index contributed by atoms with van der Waals surface area (Å²) >= 11 is 0. The quantitative estimate of drug-likeness (QED) is 0.769. The molecule has 0 atom stereocenters. The SMILES string of the molecule is CCN(Cc1cccc(F)c1)C(=O)c1ccc(OC)c(OC)c1OC. The van der Waals surface area contributed by atoms with Crippen molar-refractivity contribution in [3.63, 3.8) is 0 Å². The molecule has 0 aromatic heterocycles. The Bertz CT molecular complexity index is 748. The lowest BCUT2D eigenvalue weighted by molar-refractivity contribution is 0.0748. The lowest BCUT2D eigenvalue weighted by Crippen LogP contribution is -2.30. The van der Waals surface area contributed by atoms with Crippen LogP contribution in [-0.2, 0) is 6.54 Å². The van der Waals surface area contributed by atoms with E-state index in [1.807, 2.05) is 6.92 Å². The average molecular weight is 347 g/mol. The molecule has 25 heavy (non-hydrogen) atoms. The number of hydrogen-bond donors (Lipinski definition) is 0. The van der Waals surface area contributed by atoms with Gasteiger partial charge in [-0.3, -0.25) is 4.79 Å². The van der Waals surface area contributed by atoms with E-state index < -0.39 is 0 Å². The van der Waals surface area contributed by atoms with E-state index in [1.165, 1.54) is 33.5 Å². The molecule has 0 spiro atoms. The van der Waals surface area contributed by atoms with E-state index in [1.54, 1.807) is 29.2 Å². The van der Waals surface area contributed by atoms with Gasteiger partial charge < -0.3 is 19.1 Å². The van der Waals surface area contributed by atoms with Crippen LogP contribution < -0.4 is 14.2 Å². The molecule has 5 nitrogen and oxygen atoms in total. The molecule has 0 aliphatic rings. The van der Waals surface area contributed by atoms with Gasteiger partial charge in [0.1, 0.15) is 5.82 Å². The number of carbonyl (C=O) groups excluding carboxylic acids is 1. The monoisotopic (exact) mass is 347 g/mol. The Balaban J connectivity index is 2.37. The molecular formula is C19H22FNO4. The van der Waals surface area contributed by atoms with E-state index in [2.05, 4.69) is 0 Å².